The van der Waals surface area contributed by atoms with E-state index in [0.29, 0.717) is 19.5 Å². The topological polar surface area (TPSA) is 99.2 Å². The van der Waals surface area contributed by atoms with Gasteiger partial charge < -0.3 is 20.1 Å². The van der Waals surface area contributed by atoms with E-state index in [9.17, 15) is 19.5 Å². The van der Waals surface area contributed by atoms with Crippen LogP contribution in [-0.2, 0) is 20.9 Å². The Morgan fingerprint density at radius 3 is 2.20 bits per heavy atom. The molecule has 3 atom stereocenters. The molecule has 8 nitrogen and oxygen atoms in total. The molecule has 2 amide bonds. The number of carbonyl (C=O) groups is 3. The molecule has 1 saturated heterocycles. The van der Waals surface area contributed by atoms with E-state index in [1.54, 1.807) is 0 Å². The number of hydrogen-bond acceptors (Lipinski definition) is 5. The Morgan fingerprint density at radius 2 is 1.56 bits per heavy atom. The number of carboxylic acid groups (broad SMARTS) is 1. The molecule has 2 N–H and O–H groups in total. The number of fused-ring (bicyclic) bond motifs is 3. The third-order valence-corrected chi connectivity index (χ3v) is 8.11. The van der Waals surface area contributed by atoms with Gasteiger partial charge in [-0.15, -0.1) is 0 Å². The van der Waals surface area contributed by atoms with Crippen LogP contribution in [0.5, 0.6) is 0 Å². The van der Waals surface area contributed by atoms with Crippen molar-refractivity contribution in [1.82, 2.24) is 15.1 Å². The minimum absolute atomic E-state index is 0.109. The summed E-state index contributed by atoms with van der Waals surface area (Å²) in [5.74, 6) is -1.37. The summed E-state index contributed by atoms with van der Waals surface area (Å²) in [6.07, 6.45) is 0.425. The zero-order valence-electron chi connectivity index (χ0n) is 23.5. The fraction of sp³-hybridized carbons (Fsp3) is 0.364. The predicted octanol–water partition coefficient (Wildman–Crippen LogP) is 4.74. The van der Waals surface area contributed by atoms with E-state index in [4.69, 9.17) is 4.74 Å². The average molecular weight is 556 g/mol. The maximum absolute atomic E-state index is 13.8. The molecule has 1 fully saturated rings. The third kappa shape index (κ3) is 6.43. The molecule has 3 aromatic carbocycles. The Balaban J connectivity index is 1.31. The van der Waals surface area contributed by atoms with Crippen LogP contribution < -0.4 is 5.32 Å². The van der Waals surface area contributed by atoms with E-state index in [1.165, 1.54) is 4.90 Å². The number of nitrogens with zero attached hydrogens (tertiary/aromatic N) is 2. The van der Waals surface area contributed by atoms with Crippen molar-refractivity contribution in [1.29, 1.82) is 0 Å². The van der Waals surface area contributed by atoms with Crippen LogP contribution >= 0.6 is 0 Å². The van der Waals surface area contributed by atoms with Crippen molar-refractivity contribution >= 4 is 18.0 Å². The van der Waals surface area contributed by atoms with E-state index in [2.05, 4.69) is 29.6 Å². The van der Waals surface area contributed by atoms with Gasteiger partial charge in [-0.1, -0.05) is 85.8 Å². The second-order valence-corrected chi connectivity index (χ2v) is 11.2. The number of alkyl carbamates (subject to hydrolysis) is 1. The van der Waals surface area contributed by atoms with Gasteiger partial charge in [-0.05, 0) is 53.6 Å². The minimum atomic E-state index is -1.03. The summed E-state index contributed by atoms with van der Waals surface area (Å²) >= 11 is 0. The van der Waals surface area contributed by atoms with Gasteiger partial charge in [-0.25, -0.2) is 9.59 Å². The fourth-order valence-electron chi connectivity index (χ4n) is 6.09. The van der Waals surface area contributed by atoms with Gasteiger partial charge in [-0.3, -0.25) is 9.69 Å². The molecular weight excluding hydrogens is 518 g/mol. The Hall–Kier alpha value is -4.17. The molecule has 2 aliphatic rings. The van der Waals surface area contributed by atoms with Crippen LogP contribution in [-0.4, -0.2) is 71.7 Å². The number of nitrogens with one attached hydrogen (secondary N) is 1. The Labute approximate surface area is 240 Å². The molecule has 0 saturated carbocycles. The number of hydrogen-bond donors (Lipinski definition) is 2. The van der Waals surface area contributed by atoms with Gasteiger partial charge >= 0.3 is 12.1 Å². The van der Waals surface area contributed by atoms with E-state index < -0.39 is 30.1 Å². The van der Waals surface area contributed by atoms with Crippen LogP contribution in [0, 0.1) is 5.92 Å². The lowest BCUT2D eigenvalue weighted by atomic mass is 9.93. The fourth-order valence-corrected chi connectivity index (χ4v) is 6.09. The highest BCUT2D eigenvalue weighted by molar-refractivity contribution is 5.90. The standard InChI is InChI=1S/C33H37N3O5/c1-22-16-17-30(32(38)39)36(18-22)31(37)29(20-35(2)19-23-10-4-3-5-11-23)34-33(40)41-21-28-26-14-8-6-12-24(26)25-13-7-9-15-27(25)28/h3-15,22,28-30H,16-21H2,1-2H3,(H,34,40)(H,38,39). The van der Waals surface area contributed by atoms with Crippen molar-refractivity contribution in [2.24, 2.45) is 5.92 Å². The summed E-state index contributed by atoms with van der Waals surface area (Å²) in [6, 6.07) is 24.2. The monoisotopic (exact) mass is 555 g/mol. The predicted molar refractivity (Wildman–Crippen MR) is 156 cm³/mol. The van der Waals surface area contributed by atoms with E-state index >= 15 is 0 Å². The van der Waals surface area contributed by atoms with Gasteiger partial charge in [-0.2, -0.15) is 0 Å². The number of ether oxygens (including phenoxy) is 1. The number of carboxylic acids is 1. The van der Waals surface area contributed by atoms with Crippen molar-refractivity contribution in [3.63, 3.8) is 0 Å². The molecule has 0 bridgehead atoms. The zero-order valence-corrected chi connectivity index (χ0v) is 23.5. The molecule has 0 radical (unpaired) electrons. The number of amides is 2. The lowest BCUT2D eigenvalue weighted by Crippen LogP contribution is -2.59. The van der Waals surface area contributed by atoms with Crippen LogP contribution in [0.3, 0.4) is 0 Å². The van der Waals surface area contributed by atoms with Crippen LogP contribution in [0.15, 0.2) is 78.9 Å². The summed E-state index contributed by atoms with van der Waals surface area (Å²) in [5.41, 5.74) is 5.53. The van der Waals surface area contributed by atoms with Crippen molar-refractivity contribution in [2.75, 3.05) is 26.7 Å². The van der Waals surface area contributed by atoms with E-state index in [-0.39, 0.29) is 25.0 Å². The largest absolute Gasteiger partial charge is 0.480 e. The van der Waals surface area contributed by atoms with Crippen LogP contribution in [0.25, 0.3) is 11.1 Å². The lowest BCUT2D eigenvalue weighted by Gasteiger charge is -2.38. The van der Waals surface area contributed by atoms with Crippen molar-refractivity contribution in [3.8, 4) is 11.1 Å². The van der Waals surface area contributed by atoms with Gasteiger partial charge in [0, 0.05) is 25.6 Å². The lowest BCUT2D eigenvalue weighted by molar-refractivity contribution is -0.154. The molecule has 1 aliphatic carbocycles. The number of aliphatic carboxylic acids is 1. The van der Waals surface area contributed by atoms with Crippen molar-refractivity contribution in [2.45, 2.75) is 44.3 Å². The van der Waals surface area contributed by atoms with Crippen LogP contribution in [0.1, 0.15) is 42.4 Å². The molecule has 214 valence electrons. The van der Waals surface area contributed by atoms with Gasteiger partial charge in [0.25, 0.3) is 0 Å². The highest BCUT2D eigenvalue weighted by Gasteiger charge is 2.39. The minimum Gasteiger partial charge on any atom is -0.480 e. The first kappa shape index (κ1) is 28.4. The number of piperidine rings is 1. The first-order valence-electron chi connectivity index (χ1n) is 14.2. The molecule has 0 aromatic heterocycles. The zero-order chi connectivity index (χ0) is 28.9. The van der Waals surface area contributed by atoms with Crippen LogP contribution in [0.2, 0.25) is 0 Å². The first-order chi connectivity index (χ1) is 19.8. The normalized spacial score (nSPS) is 18.9. The number of benzene rings is 3. The third-order valence-electron chi connectivity index (χ3n) is 8.11. The van der Waals surface area contributed by atoms with Gasteiger partial charge in [0.05, 0.1) is 0 Å². The molecule has 41 heavy (non-hydrogen) atoms. The van der Waals surface area contributed by atoms with Crippen molar-refractivity contribution in [3.05, 3.63) is 95.6 Å². The molecule has 0 spiro atoms. The second kappa shape index (κ2) is 12.6. The second-order valence-electron chi connectivity index (χ2n) is 11.2. The summed E-state index contributed by atoms with van der Waals surface area (Å²) in [5, 5.41) is 12.6. The summed E-state index contributed by atoms with van der Waals surface area (Å²) in [7, 11) is 1.88. The number of likely N-dealkylation sites (N-methyl/N-ethyl adjacent to an activating group) is 1. The number of rotatable bonds is 9. The maximum atomic E-state index is 13.8. The molecular formula is C33H37N3O5. The van der Waals surface area contributed by atoms with Crippen LogP contribution in [0.4, 0.5) is 4.79 Å². The number of likely N-dealkylation sites (tertiary alicyclic amines) is 1. The molecule has 1 heterocycles. The van der Waals surface area contributed by atoms with E-state index in [1.807, 2.05) is 73.5 Å². The molecule has 1 aliphatic heterocycles. The molecule has 3 aromatic rings. The summed E-state index contributed by atoms with van der Waals surface area (Å²) in [4.78, 5) is 42.4. The van der Waals surface area contributed by atoms with E-state index in [0.717, 1.165) is 34.2 Å². The first-order valence-corrected chi connectivity index (χ1v) is 14.2. The highest BCUT2D eigenvalue weighted by Crippen LogP contribution is 2.44. The smallest absolute Gasteiger partial charge is 0.407 e. The highest BCUT2D eigenvalue weighted by atomic mass is 16.5. The SMILES string of the molecule is CC1CCC(C(=O)O)N(C(=O)C(CN(C)Cc2ccccc2)NC(=O)OCC2c3ccccc3-c3ccccc32)C1. The molecule has 5 rings (SSSR count). The van der Waals surface area contributed by atoms with Gasteiger partial charge in [0.1, 0.15) is 18.7 Å². The van der Waals surface area contributed by atoms with Crippen molar-refractivity contribution < 1.29 is 24.2 Å². The Bertz CT molecular complexity index is 1350. The summed E-state index contributed by atoms with van der Waals surface area (Å²) < 4.78 is 5.75. The average Bonchev–Trinajstić information content (AvgIpc) is 3.29. The molecule has 8 heteroatoms. The maximum Gasteiger partial charge on any atom is 0.407 e. The Kier molecular flexibility index (Phi) is 8.69. The molecule has 3 unspecified atom stereocenters. The van der Waals surface area contributed by atoms with Gasteiger partial charge in [0.15, 0.2) is 0 Å². The van der Waals surface area contributed by atoms with Gasteiger partial charge in [0.2, 0.25) is 5.91 Å². The Morgan fingerprint density at radius 1 is 0.951 bits per heavy atom. The summed E-state index contributed by atoms with van der Waals surface area (Å²) in [6.45, 7) is 3.24. The quantitative estimate of drug-likeness (QED) is 0.396. The number of carbonyl (C=O) groups excluding carboxylic acids is 2.